The molecule has 0 amide bonds. The van der Waals surface area contributed by atoms with E-state index in [1.165, 1.54) is 0 Å². The molecular formula is C9H18O5. The lowest BCUT2D eigenvalue weighted by molar-refractivity contribution is -0.271. The first-order valence-electron chi connectivity index (χ1n) is 4.61. The van der Waals surface area contributed by atoms with Crippen molar-refractivity contribution in [2.24, 2.45) is 0 Å². The molecule has 0 radical (unpaired) electrons. The van der Waals surface area contributed by atoms with Gasteiger partial charge in [-0.05, 0) is 0 Å². The average molecular weight is 206 g/mol. The molecule has 1 rings (SSSR count). The van der Waals surface area contributed by atoms with E-state index in [1.807, 2.05) is 0 Å². The van der Waals surface area contributed by atoms with Crippen LogP contribution >= 0.6 is 0 Å². The van der Waals surface area contributed by atoms with Crippen molar-refractivity contribution < 1.29 is 24.1 Å². The summed E-state index contributed by atoms with van der Waals surface area (Å²) in [5.41, 5.74) is 0. The van der Waals surface area contributed by atoms with Gasteiger partial charge in [-0.25, -0.2) is 0 Å². The number of rotatable bonds is 4. The van der Waals surface area contributed by atoms with E-state index >= 15 is 0 Å². The van der Waals surface area contributed by atoms with Crippen molar-refractivity contribution >= 4 is 0 Å². The summed E-state index contributed by atoms with van der Waals surface area (Å²) in [7, 11) is 4.75. The number of aliphatic hydroxyl groups excluding tert-OH is 1. The Balaban J connectivity index is 2.63. The number of hydrogen-bond acceptors (Lipinski definition) is 5. The van der Waals surface area contributed by atoms with Gasteiger partial charge < -0.3 is 24.1 Å². The van der Waals surface area contributed by atoms with Crippen LogP contribution in [0.1, 0.15) is 6.42 Å². The Kier molecular flexibility index (Phi) is 4.77. The molecule has 1 aliphatic rings. The van der Waals surface area contributed by atoms with Crippen LogP contribution in [0.15, 0.2) is 0 Å². The summed E-state index contributed by atoms with van der Waals surface area (Å²) < 4.78 is 21.1. The number of hydrogen-bond donors (Lipinski definition) is 1. The summed E-state index contributed by atoms with van der Waals surface area (Å²) in [6.45, 7) is -0.0316. The molecule has 1 aliphatic heterocycles. The third-order valence-electron chi connectivity index (χ3n) is 2.47. The second-order valence-corrected chi connectivity index (χ2v) is 3.25. The van der Waals surface area contributed by atoms with Gasteiger partial charge in [0.1, 0.15) is 6.10 Å². The molecule has 0 unspecified atom stereocenters. The van der Waals surface area contributed by atoms with Crippen LogP contribution in [0.3, 0.4) is 0 Å². The zero-order chi connectivity index (χ0) is 10.6. The number of ether oxygens (including phenoxy) is 4. The van der Waals surface area contributed by atoms with E-state index in [0.717, 1.165) is 0 Å². The topological polar surface area (TPSA) is 57.2 Å². The van der Waals surface area contributed by atoms with Gasteiger partial charge in [0, 0.05) is 27.8 Å². The fourth-order valence-electron chi connectivity index (χ4n) is 1.69. The largest absolute Gasteiger partial charge is 0.394 e. The van der Waals surface area contributed by atoms with E-state index in [2.05, 4.69) is 0 Å². The van der Waals surface area contributed by atoms with Gasteiger partial charge in [-0.1, -0.05) is 0 Å². The maximum Gasteiger partial charge on any atom is 0.186 e. The van der Waals surface area contributed by atoms with Crippen molar-refractivity contribution in [3.05, 3.63) is 0 Å². The van der Waals surface area contributed by atoms with Gasteiger partial charge in [-0.3, -0.25) is 0 Å². The van der Waals surface area contributed by atoms with Crippen LogP contribution in [-0.2, 0) is 18.9 Å². The van der Waals surface area contributed by atoms with E-state index < -0.39 is 6.29 Å². The average Bonchev–Trinajstić information content (AvgIpc) is 2.26. The third kappa shape index (κ3) is 2.43. The van der Waals surface area contributed by atoms with Gasteiger partial charge in [-0.15, -0.1) is 0 Å². The summed E-state index contributed by atoms with van der Waals surface area (Å²) in [5, 5.41) is 9.00. The number of methoxy groups -OCH3 is 3. The first kappa shape index (κ1) is 11.9. The van der Waals surface area contributed by atoms with Crippen LogP contribution in [0.25, 0.3) is 0 Å². The van der Waals surface area contributed by atoms with Crippen molar-refractivity contribution in [3.63, 3.8) is 0 Å². The summed E-state index contributed by atoms with van der Waals surface area (Å²) in [6.07, 6.45) is -0.443. The molecule has 0 bridgehead atoms. The molecule has 0 aromatic heterocycles. The molecule has 1 fully saturated rings. The lowest BCUT2D eigenvalue weighted by Crippen LogP contribution is -2.51. The highest BCUT2D eigenvalue weighted by molar-refractivity contribution is 4.83. The molecule has 84 valence electrons. The minimum atomic E-state index is -0.476. The maximum absolute atomic E-state index is 9.00. The predicted molar refractivity (Wildman–Crippen MR) is 49.0 cm³/mol. The van der Waals surface area contributed by atoms with Crippen molar-refractivity contribution in [3.8, 4) is 0 Å². The SMILES string of the molecule is CO[C@H]1O[C@H](CO)C[C@H](OC)[C@H]1OC. The van der Waals surface area contributed by atoms with Crippen LogP contribution in [0.4, 0.5) is 0 Å². The van der Waals surface area contributed by atoms with E-state index in [0.29, 0.717) is 6.42 Å². The molecular weight excluding hydrogens is 188 g/mol. The first-order chi connectivity index (χ1) is 6.76. The Labute approximate surface area is 83.9 Å². The van der Waals surface area contributed by atoms with Gasteiger partial charge in [0.2, 0.25) is 0 Å². The van der Waals surface area contributed by atoms with Crippen molar-refractivity contribution in [1.82, 2.24) is 0 Å². The van der Waals surface area contributed by atoms with Gasteiger partial charge in [0.15, 0.2) is 6.29 Å². The van der Waals surface area contributed by atoms with E-state index in [4.69, 9.17) is 24.1 Å². The summed E-state index contributed by atoms with van der Waals surface area (Å²) in [4.78, 5) is 0. The minimum Gasteiger partial charge on any atom is -0.394 e. The van der Waals surface area contributed by atoms with E-state index in [9.17, 15) is 0 Å². The highest BCUT2D eigenvalue weighted by Gasteiger charge is 2.39. The van der Waals surface area contributed by atoms with Gasteiger partial charge in [-0.2, -0.15) is 0 Å². The molecule has 0 aromatic rings. The molecule has 0 aliphatic carbocycles. The van der Waals surface area contributed by atoms with Crippen LogP contribution in [0.5, 0.6) is 0 Å². The Morgan fingerprint density at radius 1 is 1.21 bits per heavy atom. The molecule has 1 N–H and O–H groups in total. The zero-order valence-corrected chi connectivity index (χ0v) is 8.80. The Morgan fingerprint density at radius 3 is 2.36 bits per heavy atom. The zero-order valence-electron chi connectivity index (χ0n) is 8.80. The fourth-order valence-corrected chi connectivity index (χ4v) is 1.69. The Hall–Kier alpha value is -0.200. The molecule has 1 heterocycles. The predicted octanol–water partition coefficient (Wildman–Crippen LogP) is -0.230. The molecule has 0 saturated carbocycles. The van der Waals surface area contributed by atoms with Crippen LogP contribution in [0.2, 0.25) is 0 Å². The second kappa shape index (κ2) is 5.63. The maximum atomic E-state index is 9.00. The van der Waals surface area contributed by atoms with E-state index in [1.54, 1.807) is 21.3 Å². The first-order valence-corrected chi connectivity index (χ1v) is 4.61. The smallest absolute Gasteiger partial charge is 0.186 e. The molecule has 4 atom stereocenters. The molecule has 5 heteroatoms. The van der Waals surface area contributed by atoms with Crippen LogP contribution < -0.4 is 0 Å². The molecule has 5 nitrogen and oxygen atoms in total. The highest BCUT2D eigenvalue weighted by atomic mass is 16.7. The fraction of sp³-hybridized carbons (Fsp3) is 1.00. The quantitative estimate of drug-likeness (QED) is 0.688. The van der Waals surface area contributed by atoms with Gasteiger partial charge in [0.05, 0.1) is 18.8 Å². The lowest BCUT2D eigenvalue weighted by atomic mass is 10.0. The van der Waals surface area contributed by atoms with Gasteiger partial charge in [0.25, 0.3) is 0 Å². The monoisotopic (exact) mass is 206 g/mol. The Bertz CT molecular complexity index is 149. The van der Waals surface area contributed by atoms with Crippen molar-refractivity contribution in [1.29, 1.82) is 0 Å². The second-order valence-electron chi connectivity index (χ2n) is 3.25. The van der Waals surface area contributed by atoms with Gasteiger partial charge >= 0.3 is 0 Å². The molecule has 0 aromatic carbocycles. The lowest BCUT2D eigenvalue weighted by Gasteiger charge is -2.38. The molecule has 14 heavy (non-hydrogen) atoms. The molecule has 0 spiro atoms. The summed E-state index contributed by atoms with van der Waals surface area (Å²) >= 11 is 0. The van der Waals surface area contributed by atoms with Crippen molar-refractivity contribution in [2.45, 2.75) is 31.0 Å². The van der Waals surface area contributed by atoms with Crippen LogP contribution in [-0.4, -0.2) is 57.6 Å². The molecule has 1 saturated heterocycles. The number of aliphatic hydroxyl groups is 1. The van der Waals surface area contributed by atoms with Crippen molar-refractivity contribution in [2.75, 3.05) is 27.9 Å². The van der Waals surface area contributed by atoms with Crippen LogP contribution in [0, 0.1) is 0 Å². The highest BCUT2D eigenvalue weighted by Crippen LogP contribution is 2.24. The summed E-state index contributed by atoms with van der Waals surface area (Å²) in [5.74, 6) is 0. The third-order valence-corrected chi connectivity index (χ3v) is 2.47. The standard InChI is InChI=1S/C9H18O5/c1-11-7-4-6(5-10)14-9(13-3)8(7)12-2/h6-10H,4-5H2,1-3H3/t6-,7-,8+,9-/m0/s1. The minimum absolute atomic E-state index is 0.0316. The summed E-state index contributed by atoms with van der Waals surface area (Å²) in [6, 6.07) is 0. The Morgan fingerprint density at radius 2 is 1.93 bits per heavy atom. The normalized spacial score (nSPS) is 38.6. The van der Waals surface area contributed by atoms with E-state index in [-0.39, 0.29) is 24.9 Å².